The Hall–Kier alpha value is -0.800. The van der Waals surface area contributed by atoms with Gasteiger partial charge in [0.25, 0.3) is 0 Å². The minimum absolute atomic E-state index is 0.314. The number of hydrogen-bond donors (Lipinski definition) is 1. The Morgan fingerprint density at radius 3 is 3.12 bits per heavy atom. The predicted octanol–water partition coefficient (Wildman–Crippen LogP) is 2.66. The largest absolute Gasteiger partial charge is 0.468 e. The van der Waals surface area contributed by atoms with Crippen LogP contribution >= 0.6 is 0 Å². The van der Waals surface area contributed by atoms with Gasteiger partial charge in [-0.05, 0) is 37.9 Å². The fourth-order valence-electron chi connectivity index (χ4n) is 2.53. The van der Waals surface area contributed by atoms with Crippen molar-refractivity contribution in [2.45, 2.75) is 32.7 Å². The van der Waals surface area contributed by atoms with Crippen molar-refractivity contribution in [3.63, 3.8) is 0 Å². The molecule has 0 aromatic carbocycles. The van der Waals surface area contributed by atoms with Crippen molar-refractivity contribution in [3.8, 4) is 0 Å². The SMILES string of the molecule is CCC1CCN(CCNC(C)c2ccco2)C1. The molecule has 1 N–H and O–H groups in total. The van der Waals surface area contributed by atoms with E-state index in [1.54, 1.807) is 6.26 Å². The minimum atomic E-state index is 0.314. The van der Waals surface area contributed by atoms with Gasteiger partial charge in [-0.2, -0.15) is 0 Å². The molecule has 1 aromatic heterocycles. The summed E-state index contributed by atoms with van der Waals surface area (Å²) in [5.41, 5.74) is 0. The lowest BCUT2D eigenvalue weighted by atomic mass is 10.1. The first-order valence-corrected chi connectivity index (χ1v) is 6.78. The van der Waals surface area contributed by atoms with Crippen molar-refractivity contribution in [2.75, 3.05) is 26.2 Å². The second-order valence-corrected chi connectivity index (χ2v) is 5.05. The molecule has 1 fully saturated rings. The van der Waals surface area contributed by atoms with Crippen LogP contribution in [0.3, 0.4) is 0 Å². The molecule has 1 saturated heterocycles. The topological polar surface area (TPSA) is 28.4 Å². The van der Waals surface area contributed by atoms with Gasteiger partial charge in [-0.25, -0.2) is 0 Å². The van der Waals surface area contributed by atoms with Crippen molar-refractivity contribution in [1.29, 1.82) is 0 Å². The number of furan rings is 1. The van der Waals surface area contributed by atoms with Crippen molar-refractivity contribution in [1.82, 2.24) is 10.2 Å². The molecular weight excluding hydrogens is 212 g/mol. The molecule has 3 nitrogen and oxygen atoms in total. The molecule has 0 bridgehead atoms. The molecule has 0 radical (unpaired) electrons. The molecule has 1 aliphatic heterocycles. The Morgan fingerprint density at radius 2 is 2.47 bits per heavy atom. The average molecular weight is 236 g/mol. The van der Waals surface area contributed by atoms with Crippen molar-refractivity contribution < 1.29 is 4.42 Å². The second kappa shape index (κ2) is 6.22. The van der Waals surface area contributed by atoms with Gasteiger partial charge in [-0.1, -0.05) is 13.3 Å². The molecular formula is C14H24N2O. The minimum Gasteiger partial charge on any atom is -0.468 e. The standard InChI is InChI=1S/C14H24N2O/c1-3-13-6-8-16(11-13)9-7-15-12(2)14-5-4-10-17-14/h4-5,10,12-13,15H,3,6-9,11H2,1-2H3. The first-order valence-electron chi connectivity index (χ1n) is 6.78. The highest BCUT2D eigenvalue weighted by atomic mass is 16.3. The van der Waals surface area contributed by atoms with Gasteiger partial charge in [0.1, 0.15) is 5.76 Å². The van der Waals surface area contributed by atoms with Crippen LogP contribution in [0.25, 0.3) is 0 Å². The molecule has 1 aliphatic rings. The second-order valence-electron chi connectivity index (χ2n) is 5.05. The van der Waals surface area contributed by atoms with Crippen molar-refractivity contribution in [2.24, 2.45) is 5.92 Å². The molecule has 0 amide bonds. The molecule has 2 rings (SSSR count). The summed E-state index contributed by atoms with van der Waals surface area (Å²) in [6.07, 6.45) is 4.44. The summed E-state index contributed by atoms with van der Waals surface area (Å²) in [5, 5.41) is 3.51. The maximum Gasteiger partial charge on any atom is 0.120 e. The summed E-state index contributed by atoms with van der Waals surface area (Å²) in [6.45, 7) is 9.20. The number of hydrogen-bond acceptors (Lipinski definition) is 3. The quantitative estimate of drug-likeness (QED) is 0.823. The van der Waals surface area contributed by atoms with E-state index in [0.29, 0.717) is 6.04 Å². The van der Waals surface area contributed by atoms with E-state index < -0.39 is 0 Å². The summed E-state index contributed by atoms with van der Waals surface area (Å²) >= 11 is 0. The molecule has 3 heteroatoms. The lowest BCUT2D eigenvalue weighted by Gasteiger charge is -2.18. The van der Waals surface area contributed by atoms with Crippen LogP contribution in [-0.2, 0) is 0 Å². The van der Waals surface area contributed by atoms with Gasteiger partial charge in [-0.15, -0.1) is 0 Å². The summed E-state index contributed by atoms with van der Waals surface area (Å²) in [6, 6.07) is 4.29. The first-order chi connectivity index (χ1) is 8.29. The molecule has 0 aliphatic carbocycles. The Balaban J connectivity index is 1.63. The monoisotopic (exact) mass is 236 g/mol. The van der Waals surface area contributed by atoms with Gasteiger partial charge >= 0.3 is 0 Å². The van der Waals surface area contributed by atoms with E-state index in [1.807, 2.05) is 12.1 Å². The van der Waals surface area contributed by atoms with Crippen LogP contribution in [-0.4, -0.2) is 31.1 Å². The Morgan fingerprint density at radius 1 is 1.59 bits per heavy atom. The molecule has 0 saturated carbocycles. The van der Waals surface area contributed by atoms with Crippen molar-refractivity contribution >= 4 is 0 Å². The molecule has 2 heterocycles. The van der Waals surface area contributed by atoms with E-state index in [-0.39, 0.29) is 0 Å². The number of likely N-dealkylation sites (tertiary alicyclic amines) is 1. The van der Waals surface area contributed by atoms with E-state index in [9.17, 15) is 0 Å². The van der Waals surface area contributed by atoms with Crippen LogP contribution in [0.2, 0.25) is 0 Å². The highest BCUT2D eigenvalue weighted by Gasteiger charge is 2.20. The van der Waals surface area contributed by atoms with Crippen LogP contribution in [0.4, 0.5) is 0 Å². The zero-order chi connectivity index (χ0) is 12.1. The summed E-state index contributed by atoms with van der Waals surface area (Å²) in [4.78, 5) is 2.57. The number of nitrogens with zero attached hydrogens (tertiary/aromatic N) is 1. The number of rotatable bonds is 6. The van der Waals surface area contributed by atoms with E-state index in [4.69, 9.17) is 4.42 Å². The third kappa shape index (κ3) is 3.58. The number of nitrogens with one attached hydrogen (secondary N) is 1. The van der Waals surface area contributed by atoms with Crippen LogP contribution in [0.15, 0.2) is 22.8 Å². The van der Waals surface area contributed by atoms with Gasteiger partial charge < -0.3 is 14.6 Å². The van der Waals surface area contributed by atoms with Gasteiger partial charge in [0.2, 0.25) is 0 Å². The average Bonchev–Trinajstić information content (AvgIpc) is 3.00. The maximum atomic E-state index is 5.38. The van der Waals surface area contributed by atoms with E-state index in [1.165, 1.54) is 25.9 Å². The lowest BCUT2D eigenvalue weighted by molar-refractivity contribution is 0.310. The fraction of sp³-hybridized carbons (Fsp3) is 0.714. The summed E-state index contributed by atoms with van der Waals surface area (Å²) in [7, 11) is 0. The highest BCUT2D eigenvalue weighted by Crippen LogP contribution is 2.18. The van der Waals surface area contributed by atoms with Crippen LogP contribution < -0.4 is 5.32 Å². The summed E-state index contributed by atoms with van der Waals surface area (Å²) in [5.74, 6) is 1.95. The predicted molar refractivity (Wildman–Crippen MR) is 70.0 cm³/mol. The van der Waals surface area contributed by atoms with Gasteiger partial charge in [0.05, 0.1) is 12.3 Å². The van der Waals surface area contributed by atoms with Crippen LogP contribution in [0.1, 0.15) is 38.5 Å². The van der Waals surface area contributed by atoms with E-state index >= 15 is 0 Å². The lowest BCUT2D eigenvalue weighted by Crippen LogP contribution is -2.31. The first kappa shape index (κ1) is 12.7. The Bertz CT molecular complexity index is 310. The molecule has 17 heavy (non-hydrogen) atoms. The third-order valence-corrected chi connectivity index (χ3v) is 3.80. The Kier molecular flexibility index (Phi) is 4.63. The molecule has 96 valence electrons. The molecule has 2 unspecified atom stereocenters. The van der Waals surface area contributed by atoms with Crippen LogP contribution in [0.5, 0.6) is 0 Å². The van der Waals surface area contributed by atoms with Gasteiger partial charge in [0, 0.05) is 19.6 Å². The zero-order valence-corrected chi connectivity index (χ0v) is 11.0. The zero-order valence-electron chi connectivity index (χ0n) is 11.0. The van der Waals surface area contributed by atoms with E-state index in [2.05, 4.69) is 24.1 Å². The van der Waals surface area contributed by atoms with Crippen LogP contribution in [0, 0.1) is 5.92 Å². The summed E-state index contributed by atoms with van der Waals surface area (Å²) < 4.78 is 5.38. The van der Waals surface area contributed by atoms with Gasteiger partial charge in [0.15, 0.2) is 0 Å². The van der Waals surface area contributed by atoms with E-state index in [0.717, 1.165) is 24.8 Å². The normalized spacial score (nSPS) is 23.1. The molecule has 0 spiro atoms. The smallest absolute Gasteiger partial charge is 0.120 e. The van der Waals surface area contributed by atoms with Gasteiger partial charge in [-0.3, -0.25) is 0 Å². The fourth-order valence-corrected chi connectivity index (χ4v) is 2.53. The Labute approximate surface area is 104 Å². The highest BCUT2D eigenvalue weighted by molar-refractivity contribution is 5.02. The third-order valence-electron chi connectivity index (χ3n) is 3.80. The molecule has 1 aromatic rings. The molecule has 2 atom stereocenters. The van der Waals surface area contributed by atoms with Crippen molar-refractivity contribution in [3.05, 3.63) is 24.2 Å². The maximum absolute atomic E-state index is 5.38.